The fourth-order valence-corrected chi connectivity index (χ4v) is 2.16. The third kappa shape index (κ3) is 3.58. The van der Waals surface area contributed by atoms with Crippen LogP contribution < -0.4 is 11.3 Å². The van der Waals surface area contributed by atoms with Gasteiger partial charge in [-0.3, -0.25) is 16.3 Å². The molecule has 2 atom stereocenters. The maximum absolute atomic E-state index is 5.64. The molecule has 0 fully saturated rings. The summed E-state index contributed by atoms with van der Waals surface area (Å²) in [6, 6.07) is 4.29. The Bertz CT molecular complexity index is 312. The second-order valence-electron chi connectivity index (χ2n) is 4.53. The largest absolute Gasteiger partial charge is 0.271 e. The lowest BCUT2D eigenvalue weighted by atomic mass is 9.93. The highest BCUT2D eigenvalue weighted by Gasteiger charge is 2.15. The number of hydrogen-bond acceptors (Lipinski definition) is 3. The van der Waals surface area contributed by atoms with Gasteiger partial charge in [-0.15, -0.1) is 0 Å². The number of hydrogen-bond donors (Lipinski definition) is 2. The Morgan fingerprint density at radius 1 is 1.50 bits per heavy atom. The molecule has 1 rings (SSSR count). The number of pyridine rings is 1. The topological polar surface area (TPSA) is 50.9 Å². The SMILES string of the molecule is CCCC(C)CC(NN)c1cccnc1C. The Morgan fingerprint density at radius 3 is 2.81 bits per heavy atom. The van der Waals surface area contributed by atoms with Crippen molar-refractivity contribution in [2.75, 3.05) is 0 Å². The molecule has 0 saturated carbocycles. The van der Waals surface area contributed by atoms with Crippen molar-refractivity contribution in [3.05, 3.63) is 29.6 Å². The van der Waals surface area contributed by atoms with Crippen LogP contribution >= 0.6 is 0 Å². The minimum absolute atomic E-state index is 0.218. The second-order valence-corrected chi connectivity index (χ2v) is 4.53. The van der Waals surface area contributed by atoms with Crippen molar-refractivity contribution in [1.29, 1.82) is 0 Å². The Kier molecular flexibility index (Phi) is 5.43. The van der Waals surface area contributed by atoms with Crippen LogP contribution in [0.1, 0.15) is 50.4 Å². The molecule has 1 aromatic rings. The van der Waals surface area contributed by atoms with Gasteiger partial charge in [0.2, 0.25) is 0 Å². The van der Waals surface area contributed by atoms with Crippen LogP contribution in [0.3, 0.4) is 0 Å². The molecule has 3 N–H and O–H groups in total. The molecule has 3 nitrogen and oxygen atoms in total. The molecule has 0 saturated heterocycles. The zero-order valence-electron chi connectivity index (χ0n) is 10.5. The zero-order valence-corrected chi connectivity index (χ0v) is 10.5. The summed E-state index contributed by atoms with van der Waals surface area (Å²) in [5, 5.41) is 0. The molecule has 1 aromatic heterocycles. The van der Waals surface area contributed by atoms with E-state index in [4.69, 9.17) is 5.84 Å². The summed E-state index contributed by atoms with van der Waals surface area (Å²) in [4.78, 5) is 4.31. The van der Waals surface area contributed by atoms with Crippen LogP contribution in [0.2, 0.25) is 0 Å². The lowest BCUT2D eigenvalue weighted by Gasteiger charge is -2.21. The van der Waals surface area contributed by atoms with Crippen molar-refractivity contribution in [3.8, 4) is 0 Å². The number of nitrogens with two attached hydrogens (primary N) is 1. The van der Waals surface area contributed by atoms with Gasteiger partial charge in [-0.2, -0.15) is 0 Å². The van der Waals surface area contributed by atoms with Gasteiger partial charge in [0.25, 0.3) is 0 Å². The van der Waals surface area contributed by atoms with Crippen LogP contribution in [-0.2, 0) is 0 Å². The van der Waals surface area contributed by atoms with Gasteiger partial charge in [0.1, 0.15) is 0 Å². The van der Waals surface area contributed by atoms with Crippen LogP contribution in [0.4, 0.5) is 0 Å². The number of aromatic nitrogens is 1. The van der Waals surface area contributed by atoms with E-state index in [1.54, 1.807) is 0 Å². The van der Waals surface area contributed by atoms with E-state index in [0.29, 0.717) is 5.92 Å². The fraction of sp³-hybridized carbons (Fsp3) is 0.615. The molecule has 3 heteroatoms. The summed E-state index contributed by atoms with van der Waals surface area (Å²) < 4.78 is 0. The molecule has 0 bridgehead atoms. The third-order valence-electron chi connectivity index (χ3n) is 3.04. The average Bonchev–Trinajstić information content (AvgIpc) is 2.27. The molecule has 1 heterocycles. The summed E-state index contributed by atoms with van der Waals surface area (Å²) in [6.07, 6.45) is 5.36. The highest BCUT2D eigenvalue weighted by Crippen LogP contribution is 2.24. The van der Waals surface area contributed by atoms with Gasteiger partial charge in [-0.05, 0) is 30.9 Å². The standard InChI is InChI=1S/C13H23N3/c1-4-6-10(2)9-13(16-14)12-7-5-8-15-11(12)3/h5,7-8,10,13,16H,4,6,9,14H2,1-3H3. The molecular weight excluding hydrogens is 198 g/mol. The Morgan fingerprint density at radius 2 is 2.25 bits per heavy atom. The average molecular weight is 221 g/mol. The van der Waals surface area contributed by atoms with E-state index in [1.165, 1.54) is 18.4 Å². The first kappa shape index (κ1) is 13.1. The summed E-state index contributed by atoms with van der Waals surface area (Å²) in [5.41, 5.74) is 5.19. The molecule has 0 aliphatic heterocycles. The van der Waals surface area contributed by atoms with Gasteiger partial charge in [-0.25, -0.2) is 0 Å². The number of nitrogens with zero attached hydrogens (tertiary/aromatic N) is 1. The predicted octanol–water partition coefficient (Wildman–Crippen LogP) is 2.72. The van der Waals surface area contributed by atoms with Gasteiger partial charge in [0.15, 0.2) is 0 Å². The Hall–Kier alpha value is -0.930. The summed E-state index contributed by atoms with van der Waals surface area (Å²) in [5.74, 6) is 6.33. The Balaban J connectivity index is 2.71. The van der Waals surface area contributed by atoms with Crippen molar-refractivity contribution >= 4 is 0 Å². The summed E-state index contributed by atoms with van der Waals surface area (Å²) in [7, 11) is 0. The van der Waals surface area contributed by atoms with Crippen molar-refractivity contribution in [2.24, 2.45) is 11.8 Å². The van der Waals surface area contributed by atoms with Crippen molar-refractivity contribution in [3.63, 3.8) is 0 Å². The van der Waals surface area contributed by atoms with E-state index in [9.17, 15) is 0 Å². The monoisotopic (exact) mass is 221 g/mol. The number of nitrogens with one attached hydrogen (secondary N) is 1. The van der Waals surface area contributed by atoms with Gasteiger partial charge in [0, 0.05) is 17.9 Å². The molecule has 0 aromatic carbocycles. The quantitative estimate of drug-likeness (QED) is 0.573. The zero-order chi connectivity index (χ0) is 12.0. The lowest BCUT2D eigenvalue weighted by molar-refractivity contribution is 0.393. The number of aryl methyl sites for hydroxylation is 1. The van der Waals surface area contributed by atoms with Gasteiger partial charge in [0.05, 0.1) is 0 Å². The summed E-state index contributed by atoms with van der Waals surface area (Å²) in [6.45, 7) is 6.53. The first-order valence-corrected chi connectivity index (χ1v) is 6.06. The molecule has 0 aliphatic rings. The third-order valence-corrected chi connectivity index (χ3v) is 3.04. The van der Waals surface area contributed by atoms with Crippen LogP contribution in [0, 0.1) is 12.8 Å². The molecule has 90 valence electrons. The van der Waals surface area contributed by atoms with Crippen molar-refractivity contribution in [2.45, 2.75) is 46.1 Å². The first-order valence-electron chi connectivity index (χ1n) is 6.06. The van der Waals surface area contributed by atoms with E-state index in [0.717, 1.165) is 12.1 Å². The Labute approximate surface area is 98.4 Å². The maximum atomic E-state index is 5.64. The van der Waals surface area contributed by atoms with Gasteiger partial charge in [-0.1, -0.05) is 32.8 Å². The molecule has 0 spiro atoms. The van der Waals surface area contributed by atoms with Gasteiger partial charge < -0.3 is 0 Å². The van der Waals surface area contributed by atoms with E-state index in [-0.39, 0.29) is 6.04 Å². The van der Waals surface area contributed by atoms with Crippen molar-refractivity contribution < 1.29 is 0 Å². The molecule has 0 aliphatic carbocycles. The number of hydrazine groups is 1. The molecule has 0 radical (unpaired) electrons. The lowest BCUT2D eigenvalue weighted by Crippen LogP contribution is -2.30. The van der Waals surface area contributed by atoms with E-state index < -0.39 is 0 Å². The van der Waals surface area contributed by atoms with E-state index in [1.807, 2.05) is 19.2 Å². The molecule has 0 amide bonds. The minimum atomic E-state index is 0.218. The summed E-state index contributed by atoms with van der Waals surface area (Å²) >= 11 is 0. The maximum Gasteiger partial charge on any atom is 0.0480 e. The predicted molar refractivity (Wildman–Crippen MR) is 67.7 cm³/mol. The minimum Gasteiger partial charge on any atom is -0.271 e. The van der Waals surface area contributed by atoms with Crippen LogP contribution in [0.25, 0.3) is 0 Å². The van der Waals surface area contributed by atoms with E-state index in [2.05, 4.69) is 30.3 Å². The van der Waals surface area contributed by atoms with Crippen LogP contribution in [-0.4, -0.2) is 4.98 Å². The van der Waals surface area contributed by atoms with Gasteiger partial charge >= 0.3 is 0 Å². The second kappa shape index (κ2) is 6.61. The van der Waals surface area contributed by atoms with E-state index >= 15 is 0 Å². The van der Waals surface area contributed by atoms with Crippen LogP contribution in [0.15, 0.2) is 18.3 Å². The van der Waals surface area contributed by atoms with Crippen molar-refractivity contribution in [1.82, 2.24) is 10.4 Å². The van der Waals surface area contributed by atoms with Crippen LogP contribution in [0.5, 0.6) is 0 Å². The first-order chi connectivity index (χ1) is 7.69. The fourth-order valence-electron chi connectivity index (χ4n) is 2.16. The molecular formula is C13H23N3. The number of rotatable bonds is 6. The molecule has 2 unspecified atom stereocenters. The highest BCUT2D eigenvalue weighted by atomic mass is 15.2. The highest BCUT2D eigenvalue weighted by molar-refractivity contribution is 5.22. The molecule has 16 heavy (non-hydrogen) atoms. The normalized spacial score (nSPS) is 14.8. The smallest absolute Gasteiger partial charge is 0.0480 e.